The van der Waals surface area contributed by atoms with Crippen LogP contribution < -0.4 is 5.32 Å². The van der Waals surface area contributed by atoms with Gasteiger partial charge in [-0.3, -0.25) is 4.79 Å². The van der Waals surface area contributed by atoms with Crippen LogP contribution in [-0.4, -0.2) is 36.2 Å². The minimum Gasteiger partial charge on any atom is -0.480 e. The van der Waals surface area contributed by atoms with E-state index in [1.165, 1.54) is 0 Å². The SMILES string of the molecule is C=CCCC[C@@H](NC(=O)COCC)C(=O)O. The lowest BCUT2D eigenvalue weighted by Crippen LogP contribution is -2.42. The molecule has 0 unspecified atom stereocenters. The summed E-state index contributed by atoms with van der Waals surface area (Å²) < 4.78 is 4.88. The number of carboxylic acids is 1. The van der Waals surface area contributed by atoms with Gasteiger partial charge in [-0.05, 0) is 26.2 Å². The summed E-state index contributed by atoms with van der Waals surface area (Å²) in [4.78, 5) is 22.1. The molecule has 1 atom stereocenters. The van der Waals surface area contributed by atoms with E-state index >= 15 is 0 Å². The number of carbonyl (C=O) groups is 2. The fourth-order valence-corrected chi connectivity index (χ4v) is 1.15. The van der Waals surface area contributed by atoms with E-state index < -0.39 is 17.9 Å². The maximum Gasteiger partial charge on any atom is 0.326 e. The third-order valence-electron chi connectivity index (χ3n) is 1.97. The molecule has 5 heteroatoms. The quantitative estimate of drug-likeness (QED) is 0.456. The molecule has 0 aliphatic rings. The third-order valence-corrected chi connectivity index (χ3v) is 1.97. The second kappa shape index (κ2) is 8.91. The molecule has 2 N–H and O–H groups in total. The highest BCUT2D eigenvalue weighted by molar-refractivity contribution is 5.84. The van der Waals surface area contributed by atoms with E-state index in [-0.39, 0.29) is 6.61 Å². The fourth-order valence-electron chi connectivity index (χ4n) is 1.15. The highest BCUT2D eigenvalue weighted by atomic mass is 16.5. The van der Waals surface area contributed by atoms with Crippen LogP contribution in [0.25, 0.3) is 0 Å². The maximum absolute atomic E-state index is 11.2. The van der Waals surface area contributed by atoms with Gasteiger partial charge >= 0.3 is 5.97 Å². The van der Waals surface area contributed by atoms with Crippen LogP contribution in [0.2, 0.25) is 0 Å². The van der Waals surface area contributed by atoms with Crippen LogP contribution in [0.15, 0.2) is 12.7 Å². The summed E-state index contributed by atoms with van der Waals surface area (Å²) in [5, 5.41) is 11.3. The Morgan fingerprint density at radius 1 is 1.56 bits per heavy atom. The molecule has 1 amide bonds. The maximum atomic E-state index is 11.2. The first-order valence-electron chi connectivity index (χ1n) is 5.32. The predicted molar refractivity (Wildman–Crippen MR) is 60.1 cm³/mol. The second-order valence-corrected chi connectivity index (χ2v) is 3.32. The number of amides is 1. The molecular weight excluding hydrogens is 210 g/mol. The zero-order valence-corrected chi connectivity index (χ0v) is 9.57. The van der Waals surface area contributed by atoms with Crippen molar-refractivity contribution in [1.82, 2.24) is 5.32 Å². The van der Waals surface area contributed by atoms with Crippen LogP contribution in [0.4, 0.5) is 0 Å². The summed E-state index contributed by atoms with van der Waals surface area (Å²) in [5.74, 6) is -1.42. The summed E-state index contributed by atoms with van der Waals surface area (Å²) >= 11 is 0. The minimum atomic E-state index is -1.02. The molecule has 0 aliphatic carbocycles. The molecule has 0 radical (unpaired) electrons. The van der Waals surface area contributed by atoms with Crippen LogP contribution >= 0.6 is 0 Å². The summed E-state index contributed by atoms with van der Waals surface area (Å²) in [6, 6.07) is -0.840. The van der Waals surface area contributed by atoms with E-state index in [0.29, 0.717) is 19.4 Å². The first-order valence-corrected chi connectivity index (χ1v) is 5.32. The van der Waals surface area contributed by atoms with Gasteiger partial charge in [0.05, 0.1) is 0 Å². The van der Waals surface area contributed by atoms with Gasteiger partial charge in [0.15, 0.2) is 0 Å². The molecule has 5 nitrogen and oxygen atoms in total. The van der Waals surface area contributed by atoms with Gasteiger partial charge in [0.2, 0.25) is 5.91 Å². The van der Waals surface area contributed by atoms with Gasteiger partial charge in [-0.1, -0.05) is 6.08 Å². The van der Waals surface area contributed by atoms with Crippen molar-refractivity contribution in [1.29, 1.82) is 0 Å². The molecule has 0 aliphatic heterocycles. The van der Waals surface area contributed by atoms with Crippen molar-refractivity contribution in [2.75, 3.05) is 13.2 Å². The number of carbonyl (C=O) groups excluding carboxylic acids is 1. The molecule has 0 saturated carbocycles. The fraction of sp³-hybridized carbons (Fsp3) is 0.636. The number of carboxylic acid groups (broad SMARTS) is 1. The van der Waals surface area contributed by atoms with Gasteiger partial charge in [-0.2, -0.15) is 0 Å². The summed E-state index contributed by atoms with van der Waals surface area (Å²) in [6.45, 7) is 5.66. The van der Waals surface area contributed by atoms with Crippen molar-refractivity contribution < 1.29 is 19.4 Å². The lowest BCUT2D eigenvalue weighted by Gasteiger charge is -2.13. The van der Waals surface area contributed by atoms with Crippen LogP contribution in [0.5, 0.6) is 0 Å². The molecule has 92 valence electrons. The molecule has 0 aromatic heterocycles. The van der Waals surface area contributed by atoms with E-state index in [1.54, 1.807) is 13.0 Å². The molecule has 0 bridgehead atoms. The Kier molecular flexibility index (Phi) is 8.15. The minimum absolute atomic E-state index is 0.0955. The van der Waals surface area contributed by atoms with Crippen molar-refractivity contribution in [2.24, 2.45) is 0 Å². The molecule has 0 aromatic rings. The summed E-state index contributed by atoms with van der Waals surface area (Å²) in [7, 11) is 0. The zero-order chi connectivity index (χ0) is 12.4. The van der Waals surface area contributed by atoms with Gasteiger partial charge < -0.3 is 15.2 Å². The van der Waals surface area contributed by atoms with Crippen molar-refractivity contribution in [3.8, 4) is 0 Å². The van der Waals surface area contributed by atoms with Gasteiger partial charge in [0.1, 0.15) is 12.6 Å². The second-order valence-electron chi connectivity index (χ2n) is 3.32. The average molecular weight is 229 g/mol. The van der Waals surface area contributed by atoms with E-state index in [4.69, 9.17) is 9.84 Å². The average Bonchev–Trinajstić information content (AvgIpc) is 2.25. The molecule has 0 fully saturated rings. The molecule has 0 saturated heterocycles. The molecular formula is C11H19NO4. The number of aliphatic carboxylic acids is 1. The normalized spacial score (nSPS) is 11.8. The van der Waals surface area contributed by atoms with Crippen LogP contribution in [0, 0.1) is 0 Å². The number of hydrogen-bond donors (Lipinski definition) is 2. The Hall–Kier alpha value is -1.36. The number of ether oxygens (including phenoxy) is 1. The standard InChI is InChI=1S/C11H19NO4/c1-3-5-6-7-9(11(14)15)12-10(13)8-16-4-2/h3,9H,1,4-8H2,2H3,(H,12,13)(H,14,15)/t9-/m1/s1. The molecule has 0 aromatic carbocycles. The summed E-state index contributed by atoms with van der Waals surface area (Å²) in [6.07, 6.45) is 3.56. The Morgan fingerprint density at radius 3 is 2.75 bits per heavy atom. The van der Waals surface area contributed by atoms with E-state index in [9.17, 15) is 9.59 Å². The van der Waals surface area contributed by atoms with Crippen LogP contribution in [0.1, 0.15) is 26.2 Å². The Morgan fingerprint density at radius 2 is 2.25 bits per heavy atom. The van der Waals surface area contributed by atoms with Crippen molar-refractivity contribution >= 4 is 11.9 Å². The van der Waals surface area contributed by atoms with Crippen molar-refractivity contribution in [3.05, 3.63) is 12.7 Å². The largest absolute Gasteiger partial charge is 0.480 e. The monoisotopic (exact) mass is 229 g/mol. The number of unbranched alkanes of at least 4 members (excludes halogenated alkanes) is 1. The number of nitrogens with one attached hydrogen (secondary N) is 1. The van der Waals surface area contributed by atoms with Crippen LogP contribution in [-0.2, 0) is 14.3 Å². The van der Waals surface area contributed by atoms with E-state index in [2.05, 4.69) is 11.9 Å². The Balaban J connectivity index is 3.96. The third kappa shape index (κ3) is 7.00. The smallest absolute Gasteiger partial charge is 0.326 e. The predicted octanol–water partition coefficient (Wildman–Crippen LogP) is 0.949. The summed E-state index contributed by atoms with van der Waals surface area (Å²) in [5.41, 5.74) is 0. The molecule has 0 heterocycles. The van der Waals surface area contributed by atoms with Gasteiger partial charge in [-0.15, -0.1) is 6.58 Å². The number of hydrogen-bond acceptors (Lipinski definition) is 3. The highest BCUT2D eigenvalue weighted by Gasteiger charge is 2.18. The van der Waals surface area contributed by atoms with Crippen molar-refractivity contribution in [2.45, 2.75) is 32.2 Å². The lowest BCUT2D eigenvalue weighted by atomic mass is 10.1. The zero-order valence-electron chi connectivity index (χ0n) is 9.57. The van der Waals surface area contributed by atoms with Gasteiger partial charge in [-0.25, -0.2) is 4.79 Å². The van der Waals surface area contributed by atoms with Crippen LogP contribution in [0.3, 0.4) is 0 Å². The Bertz CT molecular complexity index is 240. The van der Waals surface area contributed by atoms with Gasteiger partial charge in [0, 0.05) is 6.61 Å². The lowest BCUT2D eigenvalue weighted by molar-refractivity contribution is -0.142. The Labute approximate surface area is 95.5 Å². The van der Waals surface area contributed by atoms with Gasteiger partial charge in [0.25, 0.3) is 0 Å². The van der Waals surface area contributed by atoms with Crippen molar-refractivity contribution in [3.63, 3.8) is 0 Å². The molecule has 16 heavy (non-hydrogen) atoms. The number of rotatable bonds is 9. The molecule has 0 rings (SSSR count). The number of allylic oxidation sites excluding steroid dienone is 1. The first-order chi connectivity index (χ1) is 7.61. The topological polar surface area (TPSA) is 75.6 Å². The van der Waals surface area contributed by atoms with E-state index in [0.717, 1.165) is 6.42 Å². The highest BCUT2D eigenvalue weighted by Crippen LogP contribution is 2.01. The van der Waals surface area contributed by atoms with E-state index in [1.807, 2.05) is 0 Å². The molecule has 0 spiro atoms. The first kappa shape index (κ1) is 14.6.